The summed E-state index contributed by atoms with van der Waals surface area (Å²) in [5.41, 5.74) is 3.94. The van der Waals surface area contributed by atoms with Crippen molar-refractivity contribution in [3.05, 3.63) is 62.9 Å². The Morgan fingerprint density at radius 3 is 2.49 bits per heavy atom. The van der Waals surface area contributed by atoms with Crippen molar-refractivity contribution in [1.82, 2.24) is 14.8 Å². The number of piperazine rings is 1. The van der Waals surface area contributed by atoms with Crippen LogP contribution in [-0.4, -0.2) is 57.9 Å². The highest BCUT2D eigenvalue weighted by Gasteiger charge is 2.31. The predicted molar refractivity (Wildman–Crippen MR) is 136 cm³/mol. The molecule has 186 valence electrons. The molecular weight excluding hydrogens is 464 g/mol. The maximum atomic E-state index is 12.9. The topological polar surface area (TPSA) is 86.5 Å². The largest absolute Gasteiger partial charge is 0.444 e. The summed E-state index contributed by atoms with van der Waals surface area (Å²) in [6.45, 7) is 14.0. The molecule has 1 saturated heterocycles. The van der Waals surface area contributed by atoms with Gasteiger partial charge in [-0.05, 0) is 76.4 Å². The molecule has 1 aliphatic heterocycles. The van der Waals surface area contributed by atoms with E-state index < -0.39 is 5.60 Å². The summed E-state index contributed by atoms with van der Waals surface area (Å²) in [6.07, 6.45) is 1.41. The lowest BCUT2D eigenvalue weighted by molar-refractivity contribution is 0.000531. The van der Waals surface area contributed by atoms with Gasteiger partial charge in [0.05, 0.1) is 22.3 Å². The molecule has 0 radical (unpaired) electrons. The standard InChI is InChI=1S/C27H33ClN4O3/c1-17-15-31(7-8-32(17)26(34)35-27(4,5)6)16-23-10-20(13-29)9-21(18(23)2)12-25(33)22-11-24(28)19(3)30-14-22/h9-11,14,17H,7-8,12,15-16H2,1-6H3/t17-/m0/s1. The van der Waals surface area contributed by atoms with Crippen LogP contribution in [0.1, 0.15) is 66.0 Å². The van der Waals surface area contributed by atoms with Crippen molar-refractivity contribution in [2.45, 2.75) is 66.2 Å². The van der Waals surface area contributed by atoms with E-state index in [1.54, 1.807) is 30.2 Å². The van der Waals surface area contributed by atoms with Gasteiger partial charge in [-0.15, -0.1) is 0 Å². The molecule has 0 saturated carbocycles. The van der Waals surface area contributed by atoms with Gasteiger partial charge in [-0.2, -0.15) is 5.26 Å². The minimum atomic E-state index is -0.531. The number of benzene rings is 1. The molecule has 0 bridgehead atoms. The van der Waals surface area contributed by atoms with Crippen molar-refractivity contribution in [1.29, 1.82) is 5.26 Å². The molecule has 1 aliphatic rings. The van der Waals surface area contributed by atoms with E-state index >= 15 is 0 Å². The van der Waals surface area contributed by atoms with Crippen molar-refractivity contribution < 1.29 is 14.3 Å². The van der Waals surface area contributed by atoms with Gasteiger partial charge in [0.2, 0.25) is 0 Å². The molecule has 3 rings (SSSR count). The number of hydrogen-bond acceptors (Lipinski definition) is 6. The smallest absolute Gasteiger partial charge is 0.410 e. The second-order valence-corrected chi connectivity index (χ2v) is 10.6. The number of rotatable bonds is 5. The van der Waals surface area contributed by atoms with Crippen molar-refractivity contribution in [3.8, 4) is 6.07 Å². The summed E-state index contributed by atoms with van der Waals surface area (Å²) in [7, 11) is 0. The van der Waals surface area contributed by atoms with Crippen LogP contribution in [0.4, 0.5) is 4.79 Å². The maximum Gasteiger partial charge on any atom is 0.410 e. The van der Waals surface area contributed by atoms with Crippen LogP contribution in [0.25, 0.3) is 0 Å². The molecule has 2 heterocycles. The number of nitrogens with zero attached hydrogens (tertiary/aromatic N) is 4. The Morgan fingerprint density at radius 1 is 1.20 bits per heavy atom. The lowest BCUT2D eigenvalue weighted by atomic mass is 9.93. The summed E-state index contributed by atoms with van der Waals surface area (Å²) in [6, 6.07) is 7.53. The van der Waals surface area contributed by atoms with Gasteiger partial charge in [0, 0.05) is 50.4 Å². The number of carbonyl (C=O) groups is 2. The zero-order valence-electron chi connectivity index (χ0n) is 21.3. The second-order valence-electron chi connectivity index (χ2n) is 10.2. The number of ether oxygens (including phenoxy) is 1. The molecule has 1 aromatic carbocycles. The van der Waals surface area contributed by atoms with Gasteiger partial charge in [-0.1, -0.05) is 11.6 Å². The van der Waals surface area contributed by atoms with E-state index in [4.69, 9.17) is 16.3 Å². The average molecular weight is 497 g/mol. The van der Waals surface area contributed by atoms with Crippen molar-refractivity contribution in [2.75, 3.05) is 19.6 Å². The van der Waals surface area contributed by atoms with Crippen molar-refractivity contribution >= 4 is 23.5 Å². The minimum Gasteiger partial charge on any atom is -0.444 e. The monoisotopic (exact) mass is 496 g/mol. The third kappa shape index (κ3) is 6.81. The summed E-state index contributed by atoms with van der Waals surface area (Å²) in [5.74, 6) is -0.0943. The number of nitriles is 1. The molecule has 8 heteroatoms. The summed E-state index contributed by atoms with van der Waals surface area (Å²) >= 11 is 6.15. The van der Waals surface area contributed by atoms with Gasteiger partial charge < -0.3 is 9.64 Å². The van der Waals surface area contributed by atoms with Crippen LogP contribution in [0.5, 0.6) is 0 Å². The van der Waals surface area contributed by atoms with E-state index in [1.807, 2.05) is 40.7 Å². The van der Waals surface area contributed by atoms with Crippen LogP contribution >= 0.6 is 11.6 Å². The molecule has 0 aliphatic carbocycles. The zero-order chi connectivity index (χ0) is 25.9. The fraction of sp³-hybridized carbons (Fsp3) is 0.481. The molecule has 1 fully saturated rings. The zero-order valence-corrected chi connectivity index (χ0v) is 22.1. The van der Waals surface area contributed by atoms with E-state index in [9.17, 15) is 14.9 Å². The Balaban J connectivity index is 1.74. The van der Waals surface area contributed by atoms with Gasteiger partial charge in [0.1, 0.15) is 5.60 Å². The van der Waals surface area contributed by atoms with Crippen LogP contribution in [0.2, 0.25) is 5.02 Å². The molecule has 1 aromatic heterocycles. The van der Waals surface area contributed by atoms with Crippen LogP contribution in [-0.2, 0) is 17.7 Å². The van der Waals surface area contributed by atoms with E-state index in [-0.39, 0.29) is 24.3 Å². The second kappa shape index (κ2) is 10.8. The average Bonchev–Trinajstić information content (AvgIpc) is 2.76. The summed E-state index contributed by atoms with van der Waals surface area (Å²) in [5, 5.41) is 10.1. The number of aromatic nitrogens is 1. The number of halogens is 1. The van der Waals surface area contributed by atoms with E-state index in [1.165, 1.54) is 0 Å². The van der Waals surface area contributed by atoms with Gasteiger partial charge in [-0.25, -0.2) is 4.79 Å². The van der Waals surface area contributed by atoms with Gasteiger partial charge >= 0.3 is 6.09 Å². The molecule has 7 nitrogen and oxygen atoms in total. The molecular formula is C27H33ClN4O3. The number of pyridine rings is 1. The quantitative estimate of drug-likeness (QED) is 0.536. The fourth-order valence-corrected chi connectivity index (χ4v) is 4.36. The molecule has 0 spiro atoms. The highest BCUT2D eigenvalue weighted by molar-refractivity contribution is 6.31. The van der Waals surface area contributed by atoms with E-state index in [0.29, 0.717) is 48.0 Å². The predicted octanol–water partition coefficient (Wildman–Crippen LogP) is 5.09. The van der Waals surface area contributed by atoms with Crippen molar-refractivity contribution in [2.24, 2.45) is 0 Å². The van der Waals surface area contributed by atoms with Crippen LogP contribution in [0.15, 0.2) is 24.4 Å². The fourth-order valence-electron chi connectivity index (χ4n) is 4.20. The first kappa shape index (κ1) is 26.7. The highest BCUT2D eigenvalue weighted by atomic mass is 35.5. The highest BCUT2D eigenvalue weighted by Crippen LogP contribution is 2.24. The Hall–Kier alpha value is -2.95. The van der Waals surface area contributed by atoms with Crippen LogP contribution in [0.3, 0.4) is 0 Å². The molecule has 1 atom stereocenters. The Kier molecular flexibility index (Phi) is 8.19. The minimum absolute atomic E-state index is 0.00195. The summed E-state index contributed by atoms with van der Waals surface area (Å²) < 4.78 is 5.54. The van der Waals surface area contributed by atoms with Gasteiger partial charge in [-0.3, -0.25) is 14.7 Å². The third-order valence-corrected chi connectivity index (χ3v) is 6.57. The molecule has 0 N–H and O–H groups in total. The first-order valence-corrected chi connectivity index (χ1v) is 12.2. The lowest BCUT2D eigenvalue weighted by Crippen LogP contribution is -2.54. The van der Waals surface area contributed by atoms with Crippen LogP contribution < -0.4 is 0 Å². The number of hydrogen-bond donors (Lipinski definition) is 0. The van der Waals surface area contributed by atoms with Gasteiger partial charge in [0.15, 0.2) is 5.78 Å². The Labute approximate surface area is 212 Å². The first-order valence-electron chi connectivity index (χ1n) is 11.8. The Morgan fingerprint density at radius 2 is 1.89 bits per heavy atom. The normalized spacial score (nSPS) is 16.6. The van der Waals surface area contributed by atoms with Gasteiger partial charge in [0.25, 0.3) is 0 Å². The van der Waals surface area contributed by atoms with E-state index in [0.717, 1.165) is 16.7 Å². The van der Waals surface area contributed by atoms with Crippen LogP contribution in [0, 0.1) is 25.2 Å². The molecule has 35 heavy (non-hydrogen) atoms. The number of Topliss-reactive ketones (excluding diaryl/α,β-unsaturated/α-hetero) is 1. The molecule has 2 aromatic rings. The third-order valence-electron chi connectivity index (χ3n) is 6.18. The first-order chi connectivity index (χ1) is 16.4. The number of ketones is 1. The number of amides is 1. The number of aryl methyl sites for hydroxylation is 1. The molecule has 1 amide bonds. The lowest BCUT2D eigenvalue weighted by Gasteiger charge is -2.40. The number of carbonyl (C=O) groups excluding carboxylic acids is 2. The molecule has 0 unspecified atom stereocenters. The maximum absolute atomic E-state index is 12.9. The SMILES string of the molecule is Cc1ncc(C(=O)Cc2cc(C#N)cc(CN3CCN(C(=O)OC(C)(C)C)[C@@H](C)C3)c2C)cc1Cl. The van der Waals surface area contributed by atoms with E-state index in [2.05, 4.69) is 16.0 Å². The van der Waals surface area contributed by atoms with Crippen molar-refractivity contribution in [3.63, 3.8) is 0 Å². The summed E-state index contributed by atoms with van der Waals surface area (Å²) in [4.78, 5) is 33.7. The Bertz CT molecular complexity index is 1170.